The van der Waals surface area contributed by atoms with E-state index in [1.54, 1.807) is 4.90 Å². The Labute approximate surface area is 108 Å². The van der Waals surface area contributed by atoms with Gasteiger partial charge in [0.25, 0.3) is 0 Å². The van der Waals surface area contributed by atoms with Gasteiger partial charge in [0.05, 0.1) is 6.10 Å². The first kappa shape index (κ1) is 13.1. The van der Waals surface area contributed by atoms with Gasteiger partial charge in [0.2, 0.25) is 5.91 Å². The smallest absolute Gasteiger partial charge is 0.226 e. The number of fused-ring (bicyclic) bond motifs is 1. The molecule has 3 heteroatoms. The predicted molar refractivity (Wildman–Crippen MR) is 72.6 cm³/mol. The minimum atomic E-state index is -0.431. The van der Waals surface area contributed by atoms with Gasteiger partial charge in [-0.25, -0.2) is 0 Å². The number of hydrogen-bond acceptors (Lipinski definition) is 2. The summed E-state index contributed by atoms with van der Waals surface area (Å²) in [5.41, 5.74) is 3.10. The summed E-state index contributed by atoms with van der Waals surface area (Å²) < 4.78 is 0. The molecule has 0 fully saturated rings. The van der Waals surface area contributed by atoms with E-state index in [4.69, 9.17) is 0 Å². The summed E-state index contributed by atoms with van der Waals surface area (Å²) in [4.78, 5) is 13.5. The Hall–Kier alpha value is -1.35. The van der Waals surface area contributed by atoms with Gasteiger partial charge in [0.15, 0.2) is 0 Å². The Kier molecular flexibility index (Phi) is 3.71. The number of amides is 1. The third-order valence-electron chi connectivity index (χ3n) is 3.65. The number of aliphatic hydroxyl groups is 1. The lowest BCUT2D eigenvalue weighted by Crippen LogP contribution is -2.25. The minimum Gasteiger partial charge on any atom is -0.388 e. The number of rotatable bonds is 2. The molecule has 0 bridgehead atoms. The van der Waals surface area contributed by atoms with Crippen LogP contribution in [0.1, 0.15) is 43.9 Å². The van der Waals surface area contributed by atoms with Crippen molar-refractivity contribution >= 4 is 11.6 Å². The van der Waals surface area contributed by atoms with Crippen molar-refractivity contribution in [3.63, 3.8) is 0 Å². The summed E-state index contributed by atoms with van der Waals surface area (Å²) in [6, 6.07) is 5.94. The fourth-order valence-corrected chi connectivity index (χ4v) is 2.43. The number of aliphatic hydroxyl groups excluding tert-OH is 1. The summed E-state index contributed by atoms with van der Waals surface area (Å²) in [5.74, 6) is 0.374. The van der Waals surface area contributed by atoms with Gasteiger partial charge in [0.1, 0.15) is 0 Å². The highest BCUT2D eigenvalue weighted by Gasteiger charge is 2.20. The van der Waals surface area contributed by atoms with Crippen LogP contribution in [0.25, 0.3) is 0 Å². The predicted octanol–water partition coefficient (Wildman–Crippen LogP) is 2.68. The Morgan fingerprint density at radius 3 is 2.67 bits per heavy atom. The molecule has 1 aliphatic rings. The van der Waals surface area contributed by atoms with E-state index in [1.165, 1.54) is 5.56 Å². The van der Waals surface area contributed by atoms with Crippen molar-refractivity contribution in [2.45, 2.75) is 39.2 Å². The van der Waals surface area contributed by atoms with Crippen molar-refractivity contribution in [2.24, 2.45) is 5.92 Å². The number of aryl methyl sites for hydroxylation is 1. The third kappa shape index (κ3) is 2.41. The first-order chi connectivity index (χ1) is 8.50. The van der Waals surface area contributed by atoms with Crippen LogP contribution in [0.15, 0.2) is 18.2 Å². The second-order valence-corrected chi connectivity index (χ2v) is 5.38. The molecule has 0 saturated carbocycles. The van der Waals surface area contributed by atoms with Gasteiger partial charge in [0, 0.05) is 19.2 Å². The molecule has 0 radical (unpaired) electrons. The zero-order chi connectivity index (χ0) is 13.3. The maximum Gasteiger partial charge on any atom is 0.226 e. The van der Waals surface area contributed by atoms with E-state index in [0.717, 1.165) is 24.1 Å². The minimum absolute atomic E-state index is 0.172. The van der Waals surface area contributed by atoms with Gasteiger partial charge in [-0.1, -0.05) is 26.0 Å². The second-order valence-electron chi connectivity index (χ2n) is 5.38. The zero-order valence-electron chi connectivity index (χ0n) is 11.3. The maximum atomic E-state index is 11.8. The number of nitrogens with zero attached hydrogens (tertiary/aromatic N) is 1. The lowest BCUT2D eigenvalue weighted by Gasteiger charge is -2.20. The molecule has 2 rings (SSSR count). The Morgan fingerprint density at radius 2 is 2.00 bits per heavy atom. The number of hydrogen-bond donors (Lipinski definition) is 1. The van der Waals surface area contributed by atoms with E-state index < -0.39 is 6.10 Å². The van der Waals surface area contributed by atoms with E-state index in [2.05, 4.69) is 6.07 Å². The molecule has 1 atom stereocenters. The van der Waals surface area contributed by atoms with Crippen LogP contribution in [0, 0.1) is 5.92 Å². The highest BCUT2D eigenvalue weighted by atomic mass is 16.3. The van der Waals surface area contributed by atoms with Crippen molar-refractivity contribution in [1.82, 2.24) is 0 Å². The molecule has 1 amide bonds. The molecule has 0 spiro atoms. The van der Waals surface area contributed by atoms with Crippen LogP contribution >= 0.6 is 0 Å². The van der Waals surface area contributed by atoms with E-state index in [-0.39, 0.29) is 11.8 Å². The number of anilines is 1. The quantitative estimate of drug-likeness (QED) is 0.873. The summed E-state index contributed by atoms with van der Waals surface area (Å²) in [6.07, 6.45) is 1.97. The van der Waals surface area contributed by atoms with Gasteiger partial charge >= 0.3 is 0 Å². The molecule has 1 aliphatic heterocycles. The van der Waals surface area contributed by atoms with Crippen LogP contribution in [-0.2, 0) is 11.2 Å². The summed E-state index contributed by atoms with van der Waals surface area (Å²) in [6.45, 7) is 4.01. The van der Waals surface area contributed by atoms with Crippen LogP contribution in [0.3, 0.4) is 0 Å². The Bertz CT molecular complexity index is 454. The van der Waals surface area contributed by atoms with Gasteiger partial charge in [-0.3, -0.25) is 4.79 Å². The normalized spacial score (nSPS) is 17.6. The van der Waals surface area contributed by atoms with E-state index in [1.807, 2.05) is 33.0 Å². The number of carbonyl (C=O) groups is 1. The first-order valence-corrected chi connectivity index (χ1v) is 6.58. The van der Waals surface area contributed by atoms with Crippen molar-refractivity contribution in [3.8, 4) is 0 Å². The molecule has 1 heterocycles. The summed E-state index contributed by atoms with van der Waals surface area (Å²) >= 11 is 0. The van der Waals surface area contributed by atoms with Crippen LogP contribution in [0.4, 0.5) is 5.69 Å². The second kappa shape index (κ2) is 5.11. The van der Waals surface area contributed by atoms with Gasteiger partial charge in [-0.15, -0.1) is 0 Å². The van der Waals surface area contributed by atoms with Crippen molar-refractivity contribution in [2.75, 3.05) is 11.9 Å². The van der Waals surface area contributed by atoms with E-state index in [0.29, 0.717) is 6.42 Å². The van der Waals surface area contributed by atoms with Crippen molar-refractivity contribution in [1.29, 1.82) is 0 Å². The first-order valence-electron chi connectivity index (χ1n) is 6.58. The monoisotopic (exact) mass is 247 g/mol. The highest BCUT2D eigenvalue weighted by Crippen LogP contribution is 2.30. The summed E-state index contributed by atoms with van der Waals surface area (Å²) in [7, 11) is 1.82. The topological polar surface area (TPSA) is 40.5 Å². The molecule has 0 saturated heterocycles. The van der Waals surface area contributed by atoms with Crippen molar-refractivity contribution < 1.29 is 9.90 Å². The van der Waals surface area contributed by atoms with Crippen LogP contribution in [0.5, 0.6) is 0 Å². The van der Waals surface area contributed by atoms with Crippen LogP contribution in [-0.4, -0.2) is 18.1 Å². The fourth-order valence-electron chi connectivity index (χ4n) is 2.43. The van der Waals surface area contributed by atoms with Gasteiger partial charge < -0.3 is 10.0 Å². The Morgan fingerprint density at radius 1 is 1.28 bits per heavy atom. The lowest BCUT2D eigenvalue weighted by atomic mass is 9.95. The average Bonchev–Trinajstić information content (AvgIpc) is 2.49. The molecule has 1 unspecified atom stereocenters. The fraction of sp³-hybridized carbons (Fsp3) is 0.533. The SMILES string of the molecule is CC(C)C(O)c1ccc2c(c1)CCCC(=O)N2C. The molecule has 3 nitrogen and oxygen atoms in total. The van der Waals surface area contributed by atoms with Crippen LogP contribution < -0.4 is 4.90 Å². The summed E-state index contributed by atoms with van der Waals surface area (Å²) in [5, 5.41) is 10.1. The lowest BCUT2D eigenvalue weighted by molar-refractivity contribution is -0.118. The zero-order valence-corrected chi connectivity index (χ0v) is 11.3. The molecule has 1 aromatic rings. The van der Waals surface area contributed by atoms with Gasteiger partial charge in [-0.2, -0.15) is 0 Å². The third-order valence-corrected chi connectivity index (χ3v) is 3.65. The molecular weight excluding hydrogens is 226 g/mol. The molecular formula is C15H21NO2. The van der Waals surface area contributed by atoms with E-state index >= 15 is 0 Å². The number of carbonyl (C=O) groups excluding carboxylic acids is 1. The Balaban J connectivity index is 2.37. The largest absolute Gasteiger partial charge is 0.388 e. The number of benzene rings is 1. The highest BCUT2D eigenvalue weighted by molar-refractivity contribution is 5.94. The molecule has 1 N–H and O–H groups in total. The van der Waals surface area contributed by atoms with Crippen molar-refractivity contribution in [3.05, 3.63) is 29.3 Å². The maximum absolute atomic E-state index is 11.8. The van der Waals surface area contributed by atoms with Crippen LogP contribution in [0.2, 0.25) is 0 Å². The van der Waals surface area contributed by atoms with E-state index in [9.17, 15) is 9.90 Å². The average molecular weight is 247 g/mol. The standard InChI is InChI=1S/C15H21NO2/c1-10(2)15(18)12-7-8-13-11(9-12)5-4-6-14(17)16(13)3/h7-10,15,18H,4-6H2,1-3H3. The van der Waals surface area contributed by atoms with Gasteiger partial charge in [-0.05, 0) is 36.0 Å². The molecule has 1 aromatic carbocycles. The molecule has 98 valence electrons. The molecule has 0 aliphatic carbocycles. The molecule has 18 heavy (non-hydrogen) atoms. The molecule has 0 aromatic heterocycles.